The molecule has 0 aliphatic heterocycles. The van der Waals surface area contributed by atoms with Gasteiger partial charge < -0.3 is 14.2 Å². The topological polar surface area (TPSA) is 128 Å². The van der Waals surface area contributed by atoms with Gasteiger partial charge in [0.25, 0.3) is 11.5 Å². The lowest BCUT2D eigenvalue weighted by atomic mass is 10.1. The molecule has 0 fully saturated rings. The highest BCUT2D eigenvalue weighted by Crippen LogP contribution is 2.17. The molecule has 1 N–H and O–H groups in total. The highest BCUT2D eigenvalue weighted by molar-refractivity contribution is 6.05. The summed E-state index contributed by atoms with van der Waals surface area (Å²) < 4.78 is 7.93. The number of nitrogens with one attached hydrogen (secondary N) is 1. The van der Waals surface area contributed by atoms with Gasteiger partial charge in [0, 0.05) is 31.0 Å². The Balaban J connectivity index is 1.35. The molecule has 11 heteroatoms. The Morgan fingerprint density at radius 2 is 1.81 bits per heavy atom. The zero-order valence-electron chi connectivity index (χ0n) is 20.2. The van der Waals surface area contributed by atoms with Crippen molar-refractivity contribution >= 4 is 28.7 Å². The molecule has 0 aliphatic carbocycles. The van der Waals surface area contributed by atoms with Crippen LogP contribution < -0.4 is 10.5 Å². The largest absolute Gasteiger partial charge is 0.462 e. The van der Waals surface area contributed by atoms with Crippen LogP contribution in [-0.2, 0) is 11.3 Å². The Morgan fingerprint density at radius 3 is 2.54 bits per heavy atom. The van der Waals surface area contributed by atoms with Crippen molar-refractivity contribution in [2.45, 2.75) is 13.5 Å². The number of aromatic amines is 1. The summed E-state index contributed by atoms with van der Waals surface area (Å²) in [6.45, 7) is 2.31. The number of benzene rings is 2. The fourth-order valence-corrected chi connectivity index (χ4v) is 3.87. The van der Waals surface area contributed by atoms with Crippen LogP contribution in [0, 0.1) is 0 Å². The predicted molar refractivity (Wildman–Crippen MR) is 136 cm³/mol. The summed E-state index contributed by atoms with van der Waals surface area (Å²) in [5.41, 5.74) is 2.62. The van der Waals surface area contributed by atoms with Crippen molar-refractivity contribution in [2.24, 2.45) is 0 Å². The van der Waals surface area contributed by atoms with Gasteiger partial charge in [0.05, 0.1) is 24.7 Å². The zero-order valence-corrected chi connectivity index (χ0v) is 20.2. The van der Waals surface area contributed by atoms with Crippen LogP contribution in [0.25, 0.3) is 17.1 Å². The molecule has 0 bridgehead atoms. The number of carbonyl (C=O) groups is 2. The van der Waals surface area contributed by atoms with Crippen molar-refractivity contribution in [1.82, 2.24) is 29.3 Å². The van der Waals surface area contributed by atoms with Crippen LogP contribution in [0.3, 0.4) is 0 Å². The number of nitrogens with zero attached hydrogens (tertiary/aromatic N) is 6. The molecule has 0 unspecified atom stereocenters. The van der Waals surface area contributed by atoms with Crippen LogP contribution in [0.4, 0.5) is 5.69 Å². The maximum absolute atomic E-state index is 12.9. The molecule has 5 aromatic rings. The van der Waals surface area contributed by atoms with Crippen LogP contribution in [0.5, 0.6) is 0 Å². The molecule has 3 aromatic heterocycles. The van der Waals surface area contributed by atoms with Crippen molar-refractivity contribution in [2.75, 3.05) is 18.6 Å². The molecule has 11 nitrogen and oxygen atoms in total. The lowest BCUT2D eigenvalue weighted by molar-refractivity contribution is 0.0526. The summed E-state index contributed by atoms with van der Waals surface area (Å²) in [5, 5.41) is 4.08. The second kappa shape index (κ2) is 9.90. The van der Waals surface area contributed by atoms with E-state index in [0.717, 1.165) is 11.3 Å². The second-order valence-corrected chi connectivity index (χ2v) is 8.22. The summed E-state index contributed by atoms with van der Waals surface area (Å²) in [6, 6.07) is 16.6. The first-order valence-corrected chi connectivity index (χ1v) is 11.5. The maximum atomic E-state index is 12.9. The van der Waals surface area contributed by atoms with E-state index < -0.39 is 11.5 Å². The van der Waals surface area contributed by atoms with Gasteiger partial charge in [-0.05, 0) is 36.8 Å². The van der Waals surface area contributed by atoms with E-state index >= 15 is 0 Å². The summed E-state index contributed by atoms with van der Waals surface area (Å²) in [5.74, 6) is -0.506. The standard InChI is InChI=1S/C26H23N7O4/c1-3-37-25(36)19-13-28-33(15-19)26-29-22-21(23(34)30-26)32(16-27-22)14-17-9-11-18(12-10-17)24(35)31(2)20-7-5-4-6-8-20/h4-13,15-16H,3,14H2,1-2H3,(H,29,30,34). The fraction of sp³-hybridized carbons (Fsp3) is 0.154. The number of fused-ring (bicyclic) bond motifs is 1. The van der Waals surface area contributed by atoms with Crippen molar-refractivity contribution in [3.63, 3.8) is 0 Å². The van der Waals surface area contributed by atoms with Crippen LogP contribution in [0.1, 0.15) is 33.2 Å². The number of hydrogen-bond donors (Lipinski definition) is 1. The molecule has 3 heterocycles. The lowest BCUT2D eigenvalue weighted by Gasteiger charge is -2.17. The SMILES string of the molecule is CCOC(=O)c1cnn(-c2nc3ncn(Cc4ccc(C(=O)N(C)c5ccccc5)cc4)c3c(=O)[nH]2)c1. The van der Waals surface area contributed by atoms with Gasteiger partial charge in [-0.15, -0.1) is 0 Å². The minimum atomic E-state index is -0.513. The van der Waals surface area contributed by atoms with Crippen molar-refractivity contribution in [1.29, 1.82) is 0 Å². The molecule has 2 aromatic carbocycles. The van der Waals surface area contributed by atoms with E-state index in [-0.39, 0.29) is 29.7 Å². The highest BCUT2D eigenvalue weighted by atomic mass is 16.5. The number of amides is 1. The number of para-hydroxylation sites is 1. The monoisotopic (exact) mass is 497 g/mol. The minimum absolute atomic E-state index is 0.122. The molecule has 1 amide bonds. The number of esters is 1. The minimum Gasteiger partial charge on any atom is -0.462 e. The number of imidazole rings is 1. The van der Waals surface area contributed by atoms with Gasteiger partial charge in [0.15, 0.2) is 11.2 Å². The van der Waals surface area contributed by atoms with Crippen molar-refractivity contribution in [3.8, 4) is 5.95 Å². The van der Waals surface area contributed by atoms with Gasteiger partial charge in [0.1, 0.15) is 0 Å². The molecule has 0 radical (unpaired) electrons. The van der Waals surface area contributed by atoms with E-state index in [2.05, 4.69) is 20.1 Å². The average molecular weight is 498 g/mol. The first-order chi connectivity index (χ1) is 17.9. The predicted octanol–water partition coefficient (Wildman–Crippen LogP) is 2.81. The van der Waals surface area contributed by atoms with Gasteiger partial charge in [-0.25, -0.2) is 14.5 Å². The molecular weight excluding hydrogens is 474 g/mol. The molecule has 5 rings (SSSR count). The average Bonchev–Trinajstić information content (AvgIpc) is 3.57. The van der Waals surface area contributed by atoms with Gasteiger partial charge in [0.2, 0.25) is 5.95 Å². The second-order valence-electron chi connectivity index (χ2n) is 8.22. The smallest absolute Gasteiger partial charge is 0.341 e. The van der Waals surface area contributed by atoms with Crippen LogP contribution >= 0.6 is 0 Å². The number of hydrogen-bond acceptors (Lipinski definition) is 7. The normalized spacial score (nSPS) is 11.0. The number of rotatable bonds is 7. The number of aromatic nitrogens is 6. The fourth-order valence-electron chi connectivity index (χ4n) is 3.87. The molecular formula is C26H23N7O4. The molecule has 0 aliphatic rings. The first kappa shape index (κ1) is 23.7. The molecule has 0 saturated carbocycles. The maximum Gasteiger partial charge on any atom is 0.341 e. The Bertz CT molecular complexity index is 1640. The van der Waals surface area contributed by atoms with Gasteiger partial charge in [-0.3, -0.25) is 14.6 Å². The summed E-state index contributed by atoms with van der Waals surface area (Å²) in [6.07, 6.45) is 4.30. The Morgan fingerprint density at radius 1 is 1.05 bits per heavy atom. The number of H-pyrrole nitrogens is 1. The highest BCUT2D eigenvalue weighted by Gasteiger charge is 2.16. The van der Waals surface area contributed by atoms with E-state index in [1.807, 2.05) is 42.5 Å². The molecule has 186 valence electrons. The number of carbonyl (C=O) groups excluding carboxylic acids is 2. The van der Waals surface area contributed by atoms with Gasteiger partial charge in [-0.2, -0.15) is 10.1 Å². The summed E-state index contributed by atoms with van der Waals surface area (Å²) in [4.78, 5) is 50.6. The third kappa shape index (κ3) is 4.74. The molecule has 0 saturated heterocycles. The van der Waals surface area contributed by atoms with E-state index in [4.69, 9.17) is 4.74 Å². The van der Waals surface area contributed by atoms with Crippen LogP contribution in [0.2, 0.25) is 0 Å². The third-order valence-electron chi connectivity index (χ3n) is 5.78. The van der Waals surface area contributed by atoms with Gasteiger partial charge in [-0.1, -0.05) is 30.3 Å². The Hall–Kier alpha value is -5.06. The van der Waals surface area contributed by atoms with E-state index in [1.165, 1.54) is 23.4 Å². The van der Waals surface area contributed by atoms with E-state index in [1.54, 1.807) is 35.6 Å². The van der Waals surface area contributed by atoms with E-state index in [9.17, 15) is 14.4 Å². The number of ether oxygens (including phenoxy) is 1. The van der Waals surface area contributed by atoms with Crippen LogP contribution in [-0.4, -0.2) is 54.8 Å². The molecule has 37 heavy (non-hydrogen) atoms. The first-order valence-electron chi connectivity index (χ1n) is 11.5. The quantitative estimate of drug-likeness (QED) is 0.343. The third-order valence-corrected chi connectivity index (χ3v) is 5.78. The zero-order chi connectivity index (χ0) is 25.9. The van der Waals surface area contributed by atoms with Crippen LogP contribution in [0.15, 0.2) is 78.1 Å². The molecule has 0 atom stereocenters. The summed E-state index contributed by atoms with van der Waals surface area (Å²) >= 11 is 0. The summed E-state index contributed by atoms with van der Waals surface area (Å²) in [7, 11) is 1.73. The lowest BCUT2D eigenvalue weighted by Crippen LogP contribution is -2.26. The number of anilines is 1. The Labute approximate surface area is 211 Å². The van der Waals surface area contributed by atoms with Crippen molar-refractivity contribution in [3.05, 3.63) is 100 Å². The Kier molecular flexibility index (Phi) is 6.33. The molecule has 0 spiro atoms. The van der Waals surface area contributed by atoms with Crippen molar-refractivity contribution < 1.29 is 14.3 Å². The van der Waals surface area contributed by atoms with Gasteiger partial charge >= 0.3 is 5.97 Å². The van der Waals surface area contributed by atoms with E-state index in [0.29, 0.717) is 17.6 Å².